The number of rotatable bonds is 3. The van der Waals surface area contributed by atoms with E-state index in [4.69, 9.17) is 0 Å². The third-order valence-corrected chi connectivity index (χ3v) is 4.33. The maximum absolute atomic E-state index is 12.3. The first kappa shape index (κ1) is 14.9. The summed E-state index contributed by atoms with van der Waals surface area (Å²) < 4.78 is 0. The van der Waals surface area contributed by atoms with Gasteiger partial charge < -0.3 is 0 Å². The van der Waals surface area contributed by atoms with Gasteiger partial charge in [-0.1, -0.05) is 13.8 Å². The summed E-state index contributed by atoms with van der Waals surface area (Å²) in [6.45, 7) is 3.93. The fourth-order valence-electron chi connectivity index (χ4n) is 3.39. The second-order valence-electron chi connectivity index (χ2n) is 6.35. The van der Waals surface area contributed by atoms with Crippen LogP contribution in [0.25, 0.3) is 0 Å². The molecular weight excluding hydrogens is 258 g/mol. The topological polar surface area (TPSA) is 80.3 Å². The van der Waals surface area contributed by atoms with Gasteiger partial charge in [-0.05, 0) is 24.7 Å². The zero-order chi connectivity index (χ0) is 14.9. The van der Waals surface area contributed by atoms with Gasteiger partial charge in [0.05, 0.1) is 5.92 Å². The van der Waals surface area contributed by atoms with Crippen LogP contribution in [0, 0.1) is 23.7 Å². The van der Waals surface area contributed by atoms with Crippen LogP contribution in [0.5, 0.6) is 0 Å². The highest BCUT2D eigenvalue weighted by molar-refractivity contribution is 6.04. The molecule has 1 N–H and O–H groups in total. The fraction of sp³-hybridized carbons (Fsp3) is 0.733. The molecule has 2 amide bonds. The number of hydrogen-bond acceptors (Lipinski definition) is 4. The molecule has 0 unspecified atom stereocenters. The zero-order valence-corrected chi connectivity index (χ0v) is 12.0. The predicted molar refractivity (Wildman–Crippen MR) is 71.6 cm³/mol. The lowest BCUT2D eigenvalue weighted by Gasteiger charge is -2.30. The molecule has 1 aliphatic heterocycles. The van der Waals surface area contributed by atoms with Gasteiger partial charge in [-0.3, -0.25) is 24.5 Å². The molecule has 0 aromatic carbocycles. The number of imide groups is 1. The molecule has 1 saturated heterocycles. The molecule has 20 heavy (non-hydrogen) atoms. The van der Waals surface area contributed by atoms with Crippen molar-refractivity contribution in [2.24, 2.45) is 23.7 Å². The Bertz CT molecular complexity index is 441. The van der Waals surface area contributed by atoms with Crippen LogP contribution in [0.4, 0.5) is 0 Å². The van der Waals surface area contributed by atoms with Crippen LogP contribution in [0.1, 0.15) is 46.0 Å². The highest BCUT2D eigenvalue weighted by atomic mass is 16.2. The highest BCUT2D eigenvalue weighted by Gasteiger charge is 2.38. The minimum Gasteiger partial charge on any atom is -0.299 e. The van der Waals surface area contributed by atoms with E-state index in [-0.39, 0.29) is 54.5 Å². The molecule has 0 radical (unpaired) electrons. The average Bonchev–Trinajstić information content (AvgIpc) is 2.32. The number of carbonyl (C=O) groups excluding carboxylic acids is 4. The first-order valence-electron chi connectivity index (χ1n) is 7.26. The Morgan fingerprint density at radius 1 is 1.10 bits per heavy atom. The van der Waals surface area contributed by atoms with Crippen molar-refractivity contribution in [3.05, 3.63) is 0 Å². The molecule has 1 saturated carbocycles. The first-order valence-corrected chi connectivity index (χ1v) is 7.26. The third kappa shape index (κ3) is 3.32. The number of Topliss-reactive ketones (excluding diaryl/α,β-unsaturated/α-hetero) is 2. The molecule has 0 aromatic rings. The number of piperidine rings is 1. The lowest BCUT2D eigenvalue weighted by molar-refractivity contribution is -0.139. The Morgan fingerprint density at radius 3 is 2.30 bits per heavy atom. The van der Waals surface area contributed by atoms with Crippen molar-refractivity contribution < 1.29 is 19.2 Å². The maximum atomic E-state index is 12.3. The molecule has 110 valence electrons. The molecule has 5 heteroatoms. The largest absolute Gasteiger partial charge is 0.299 e. The monoisotopic (exact) mass is 279 g/mol. The number of nitrogens with one attached hydrogen (secondary N) is 1. The summed E-state index contributed by atoms with van der Waals surface area (Å²) in [5, 5.41) is 2.23. The van der Waals surface area contributed by atoms with Crippen molar-refractivity contribution in [2.45, 2.75) is 46.0 Å². The number of ketones is 2. The van der Waals surface area contributed by atoms with E-state index in [0.29, 0.717) is 12.3 Å². The van der Waals surface area contributed by atoms with Gasteiger partial charge >= 0.3 is 0 Å². The minimum atomic E-state index is -0.533. The van der Waals surface area contributed by atoms with Gasteiger partial charge in [0, 0.05) is 25.2 Å². The van der Waals surface area contributed by atoms with Crippen molar-refractivity contribution in [1.82, 2.24) is 5.32 Å². The molecule has 0 aromatic heterocycles. The molecule has 2 fully saturated rings. The SMILES string of the molecule is C[C@@H]1C[C@@H](C(=O)CC2CC(=O)NC(=O)C2)C(=O)[C@@H](C)C1. The lowest BCUT2D eigenvalue weighted by atomic mass is 9.72. The minimum absolute atomic E-state index is 0.0275. The molecule has 2 rings (SSSR count). The number of carbonyl (C=O) groups is 4. The van der Waals surface area contributed by atoms with Crippen molar-refractivity contribution in [3.8, 4) is 0 Å². The standard InChI is InChI=1S/C15H21NO4/c1-8-3-9(2)15(20)11(4-8)12(17)5-10-6-13(18)16-14(19)7-10/h8-11H,3-7H2,1-2H3,(H,16,18,19)/t8-,9-,11-/m0/s1. The Morgan fingerprint density at radius 2 is 1.70 bits per heavy atom. The first-order chi connectivity index (χ1) is 9.36. The van der Waals surface area contributed by atoms with E-state index in [1.807, 2.05) is 6.92 Å². The van der Waals surface area contributed by atoms with E-state index in [9.17, 15) is 19.2 Å². The lowest BCUT2D eigenvalue weighted by Crippen LogP contribution is -2.41. The van der Waals surface area contributed by atoms with Gasteiger partial charge in [0.15, 0.2) is 0 Å². The van der Waals surface area contributed by atoms with Crippen molar-refractivity contribution in [2.75, 3.05) is 0 Å². The van der Waals surface area contributed by atoms with Crippen molar-refractivity contribution in [1.29, 1.82) is 0 Å². The zero-order valence-electron chi connectivity index (χ0n) is 12.0. The average molecular weight is 279 g/mol. The van der Waals surface area contributed by atoms with Crippen LogP contribution < -0.4 is 5.32 Å². The molecule has 0 spiro atoms. The molecule has 2 aliphatic rings. The second-order valence-corrected chi connectivity index (χ2v) is 6.35. The van der Waals surface area contributed by atoms with Gasteiger partial charge in [0.2, 0.25) is 11.8 Å². The molecule has 3 atom stereocenters. The second kappa shape index (κ2) is 5.85. The smallest absolute Gasteiger partial charge is 0.226 e. The molecule has 0 bridgehead atoms. The Hall–Kier alpha value is -1.52. The summed E-state index contributed by atoms with van der Waals surface area (Å²) >= 11 is 0. The predicted octanol–water partition coefficient (Wildman–Crippen LogP) is 1.25. The van der Waals surface area contributed by atoms with E-state index < -0.39 is 5.92 Å². The normalized spacial score (nSPS) is 32.1. The maximum Gasteiger partial charge on any atom is 0.226 e. The van der Waals surface area contributed by atoms with E-state index in [1.165, 1.54) is 0 Å². The van der Waals surface area contributed by atoms with Gasteiger partial charge in [-0.2, -0.15) is 0 Å². The van der Waals surface area contributed by atoms with Crippen LogP contribution in [0.3, 0.4) is 0 Å². The van der Waals surface area contributed by atoms with E-state index >= 15 is 0 Å². The van der Waals surface area contributed by atoms with Crippen molar-refractivity contribution >= 4 is 23.4 Å². The summed E-state index contributed by atoms with van der Waals surface area (Å²) in [4.78, 5) is 47.0. The molecule has 5 nitrogen and oxygen atoms in total. The fourth-order valence-corrected chi connectivity index (χ4v) is 3.39. The third-order valence-electron chi connectivity index (χ3n) is 4.33. The summed E-state index contributed by atoms with van der Waals surface area (Å²) in [7, 11) is 0. The van der Waals surface area contributed by atoms with Crippen LogP contribution in [-0.4, -0.2) is 23.4 Å². The molecular formula is C15H21NO4. The Labute approximate surface area is 118 Å². The Balaban J connectivity index is 1.98. The van der Waals surface area contributed by atoms with Gasteiger partial charge in [0.25, 0.3) is 0 Å². The van der Waals surface area contributed by atoms with Crippen LogP contribution >= 0.6 is 0 Å². The van der Waals surface area contributed by atoms with E-state index in [2.05, 4.69) is 12.2 Å². The quantitative estimate of drug-likeness (QED) is 0.623. The Kier molecular flexibility index (Phi) is 4.35. The van der Waals surface area contributed by atoms with E-state index in [0.717, 1.165) is 6.42 Å². The van der Waals surface area contributed by atoms with Crippen LogP contribution in [0.15, 0.2) is 0 Å². The molecule has 1 aliphatic carbocycles. The summed E-state index contributed by atoms with van der Waals surface area (Å²) in [6.07, 6.45) is 2.00. The summed E-state index contributed by atoms with van der Waals surface area (Å²) in [5.74, 6) is -1.19. The van der Waals surface area contributed by atoms with Crippen LogP contribution in [0.2, 0.25) is 0 Å². The van der Waals surface area contributed by atoms with Gasteiger partial charge in [-0.15, -0.1) is 0 Å². The number of amides is 2. The molecule has 1 heterocycles. The van der Waals surface area contributed by atoms with Gasteiger partial charge in [0.1, 0.15) is 11.6 Å². The van der Waals surface area contributed by atoms with E-state index in [1.54, 1.807) is 0 Å². The van der Waals surface area contributed by atoms with Crippen LogP contribution in [-0.2, 0) is 19.2 Å². The van der Waals surface area contributed by atoms with Gasteiger partial charge in [-0.25, -0.2) is 0 Å². The van der Waals surface area contributed by atoms with Crippen molar-refractivity contribution in [3.63, 3.8) is 0 Å². The summed E-state index contributed by atoms with van der Waals surface area (Å²) in [6, 6.07) is 0. The highest BCUT2D eigenvalue weighted by Crippen LogP contribution is 2.32. The summed E-state index contributed by atoms with van der Waals surface area (Å²) in [5.41, 5.74) is 0. The number of hydrogen-bond donors (Lipinski definition) is 1.